The van der Waals surface area contributed by atoms with Crippen molar-refractivity contribution in [1.29, 1.82) is 0 Å². The molecule has 180 valence electrons. The molecule has 0 aliphatic rings. The molecule has 1 aromatic carbocycles. The lowest BCUT2D eigenvalue weighted by Crippen LogP contribution is -2.18. The van der Waals surface area contributed by atoms with Crippen molar-refractivity contribution in [3.8, 4) is 0 Å². The number of aromatic nitrogens is 3. The summed E-state index contributed by atoms with van der Waals surface area (Å²) in [4.78, 5) is 13.2. The van der Waals surface area contributed by atoms with E-state index in [0.29, 0.717) is 17.0 Å². The van der Waals surface area contributed by atoms with E-state index in [1.807, 2.05) is 12.1 Å². The van der Waals surface area contributed by atoms with Gasteiger partial charge in [-0.1, -0.05) is 30.3 Å². The Morgan fingerprint density at radius 3 is 1.91 bits per heavy atom. The molecule has 3 heterocycles. The quantitative estimate of drug-likeness (QED) is 0.350. The number of hydrogen-bond donors (Lipinski definition) is 2. The molecule has 4 aromatic rings. The van der Waals surface area contributed by atoms with E-state index in [9.17, 15) is 21.6 Å². The van der Waals surface area contributed by atoms with Crippen molar-refractivity contribution in [3.63, 3.8) is 0 Å². The number of rotatable bonds is 8. The second kappa shape index (κ2) is 10.7. The van der Waals surface area contributed by atoms with E-state index >= 15 is 0 Å². The molecular weight excluding hydrogens is 477 g/mol. The van der Waals surface area contributed by atoms with Gasteiger partial charge in [-0.25, -0.2) is 13.1 Å². The molecule has 1 N–H and O–H groups in total. The Bertz CT molecular complexity index is 1280. The molecule has 1 atom stereocenters. The zero-order valence-corrected chi connectivity index (χ0v) is 19.2. The van der Waals surface area contributed by atoms with Gasteiger partial charge in [0.15, 0.2) is 0 Å². The third kappa shape index (κ3) is 6.09. The number of halogens is 3. The highest BCUT2D eigenvalue weighted by atomic mass is 32.2. The second-order valence-electron chi connectivity index (χ2n) is 7.79. The maximum absolute atomic E-state index is 13.2. The lowest BCUT2D eigenvalue weighted by atomic mass is 9.76. The largest absolute Gasteiger partial charge is 0.416 e. The maximum atomic E-state index is 13.2. The topological polar surface area (TPSA) is 84.8 Å². The lowest BCUT2D eigenvalue weighted by Gasteiger charge is -2.28. The van der Waals surface area contributed by atoms with Crippen LogP contribution < -0.4 is 4.72 Å². The van der Waals surface area contributed by atoms with Crippen molar-refractivity contribution in [3.05, 3.63) is 125 Å². The van der Waals surface area contributed by atoms with Gasteiger partial charge in [0.05, 0.1) is 17.8 Å². The Hall–Kier alpha value is -3.63. The zero-order chi connectivity index (χ0) is 24.8. The van der Waals surface area contributed by atoms with Crippen LogP contribution >= 0.6 is 0 Å². The number of nitrogens with zero attached hydrogens (tertiary/aromatic N) is 3. The highest BCUT2D eigenvalue weighted by molar-refractivity contribution is 7.70. The third-order valence-corrected chi connectivity index (χ3v) is 5.97. The standard InChI is InChI=1S/C25H21F3N4O2S/c26-25(27,28)20-10-8-17(9-11-20)24(22-7-1-6-21(32-22)16-31-35(33)34)23(18-4-2-12-29-14-18)19-5-3-13-30-15-19/h1-15,23-24,35H,16H2,(H,31,33,34). The van der Waals surface area contributed by atoms with Crippen LogP contribution in [0.2, 0.25) is 0 Å². The summed E-state index contributed by atoms with van der Waals surface area (Å²) in [7, 11) is -2.81. The summed E-state index contributed by atoms with van der Waals surface area (Å²) in [5, 5.41) is 0. The van der Waals surface area contributed by atoms with Crippen molar-refractivity contribution in [2.24, 2.45) is 0 Å². The van der Waals surface area contributed by atoms with Crippen molar-refractivity contribution < 1.29 is 21.6 Å². The summed E-state index contributed by atoms with van der Waals surface area (Å²) in [6.07, 6.45) is 2.25. The van der Waals surface area contributed by atoms with Crippen LogP contribution in [-0.4, -0.2) is 23.4 Å². The Labute approximate surface area is 202 Å². The van der Waals surface area contributed by atoms with Gasteiger partial charge >= 0.3 is 6.18 Å². The Kier molecular flexibility index (Phi) is 7.52. The SMILES string of the molecule is O=[SH](=O)NCc1cccc(C(c2ccc(C(F)(F)F)cc2)C(c2cccnc2)c2cccnc2)n1. The molecule has 35 heavy (non-hydrogen) atoms. The van der Waals surface area contributed by atoms with Crippen LogP contribution in [0.5, 0.6) is 0 Å². The van der Waals surface area contributed by atoms with E-state index in [0.717, 1.165) is 23.3 Å². The number of nitrogens with one attached hydrogen (secondary N) is 1. The molecule has 0 saturated heterocycles. The van der Waals surface area contributed by atoms with Crippen molar-refractivity contribution in [2.75, 3.05) is 0 Å². The van der Waals surface area contributed by atoms with E-state index in [-0.39, 0.29) is 12.5 Å². The highest BCUT2D eigenvalue weighted by Gasteiger charge is 2.33. The normalized spacial score (nSPS) is 12.7. The molecule has 0 radical (unpaired) electrons. The fourth-order valence-corrected chi connectivity index (χ4v) is 4.32. The molecule has 1 unspecified atom stereocenters. The van der Waals surface area contributed by atoms with Gasteiger partial charge in [-0.15, -0.1) is 0 Å². The molecular formula is C25H21F3N4O2S. The number of benzene rings is 1. The average Bonchev–Trinajstić information content (AvgIpc) is 2.87. The summed E-state index contributed by atoms with van der Waals surface area (Å²) in [5.74, 6) is -0.882. The monoisotopic (exact) mass is 498 g/mol. The third-order valence-electron chi connectivity index (χ3n) is 5.55. The van der Waals surface area contributed by atoms with Crippen LogP contribution in [0.3, 0.4) is 0 Å². The van der Waals surface area contributed by atoms with E-state index < -0.39 is 28.5 Å². The predicted octanol–water partition coefficient (Wildman–Crippen LogP) is 4.47. The first-order chi connectivity index (χ1) is 16.8. The van der Waals surface area contributed by atoms with Gasteiger partial charge in [-0.05, 0) is 53.1 Å². The molecule has 0 spiro atoms. The van der Waals surface area contributed by atoms with Crippen LogP contribution in [-0.2, 0) is 23.6 Å². The fraction of sp³-hybridized carbons (Fsp3) is 0.160. The molecule has 0 fully saturated rings. The summed E-state index contributed by atoms with van der Waals surface area (Å²) in [6.45, 7) is -0.00325. The molecule has 4 rings (SSSR count). The fourth-order valence-electron chi connectivity index (χ4n) is 4.03. The van der Waals surface area contributed by atoms with Gasteiger partial charge in [0.25, 0.3) is 0 Å². The molecule has 6 nitrogen and oxygen atoms in total. The second-order valence-corrected chi connectivity index (χ2v) is 8.62. The first-order valence-electron chi connectivity index (χ1n) is 10.6. The van der Waals surface area contributed by atoms with Crippen LogP contribution in [0.15, 0.2) is 91.5 Å². The van der Waals surface area contributed by atoms with Crippen molar-refractivity contribution in [2.45, 2.75) is 24.6 Å². The predicted molar refractivity (Wildman–Crippen MR) is 125 cm³/mol. The van der Waals surface area contributed by atoms with Gasteiger partial charge < -0.3 is 0 Å². The smallest absolute Gasteiger partial charge is 0.264 e. The molecule has 0 saturated carbocycles. The molecule has 0 aliphatic heterocycles. The molecule has 0 bridgehead atoms. The first-order valence-corrected chi connectivity index (χ1v) is 11.8. The van der Waals surface area contributed by atoms with Gasteiger partial charge in [-0.3, -0.25) is 15.0 Å². The summed E-state index contributed by atoms with van der Waals surface area (Å²) in [6, 6.07) is 17.6. The van der Waals surface area contributed by atoms with E-state index in [1.54, 1.807) is 55.1 Å². The average molecular weight is 499 g/mol. The number of pyridine rings is 3. The minimum Gasteiger partial charge on any atom is -0.264 e. The Balaban J connectivity index is 1.89. The van der Waals surface area contributed by atoms with Crippen molar-refractivity contribution >= 4 is 10.9 Å². The number of thiol groups is 1. The first kappa shape index (κ1) is 24.5. The minimum absolute atomic E-state index is 0.00325. The Morgan fingerprint density at radius 2 is 1.40 bits per heavy atom. The van der Waals surface area contributed by atoms with Crippen LogP contribution in [0.1, 0.15) is 45.5 Å². The van der Waals surface area contributed by atoms with E-state index in [4.69, 9.17) is 0 Å². The van der Waals surface area contributed by atoms with Crippen LogP contribution in [0.4, 0.5) is 13.2 Å². The Morgan fingerprint density at radius 1 is 0.771 bits per heavy atom. The summed E-state index contributed by atoms with van der Waals surface area (Å²) >= 11 is 0. The number of hydrogen-bond acceptors (Lipinski definition) is 5. The summed E-state index contributed by atoms with van der Waals surface area (Å²) in [5.41, 5.74) is 2.59. The number of alkyl halides is 3. The molecule has 3 aromatic heterocycles. The molecule has 0 aliphatic carbocycles. The summed E-state index contributed by atoms with van der Waals surface area (Å²) < 4.78 is 64.1. The van der Waals surface area contributed by atoms with Crippen molar-refractivity contribution in [1.82, 2.24) is 19.7 Å². The molecule has 0 amide bonds. The van der Waals surface area contributed by atoms with Gasteiger partial charge in [0.1, 0.15) is 0 Å². The van der Waals surface area contributed by atoms with Gasteiger partial charge in [0, 0.05) is 42.3 Å². The van der Waals surface area contributed by atoms with E-state index in [2.05, 4.69) is 19.7 Å². The maximum Gasteiger partial charge on any atom is 0.416 e. The lowest BCUT2D eigenvalue weighted by molar-refractivity contribution is -0.137. The highest BCUT2D eigenvalue weighted by Crippen LogP contribution is 2.42. The molecule has 10 heteroatoms. The van der Waals surface area contributed by atoms with Gasteiger partial charge in [0.2, 0.25) is 10.9 Å². The van der Waals surface area contributed by atoms with Crippen LogP contribution in [0, 0.1) is 0 Å². The van der Waals surface area contributed by atoms with Gasteiger partial charge in [-0.2, -0.15) is 13.2 Å². The van der Waals surface area contributed by atoms with Crippen LogP contribution in [0.25, 0.3) is 0 Å². The minimum atomic E-state index is -4.46. The van der Waals surface area contributed by atoms with E-state index in [1.165, 1.54) is 12.1 Å². The zero-order valence-electron chi connectivity index (χ0n) is 18.3.